The van der Waals surface area contributed by atoms with Crippen LogP contribution in [0.15, 0.2) is 29.1 Å². The standard InChI is InChI=1S/C24H36N6O2/c1-3-28-15-17-29(18-16-28)12-6-11-25-23(31)19-9-13-30(14-10-19)22-24(32)27(2)21-8-5-4-7-20(21)26-22/h4-5,7-8,19H,3,6,9-18H2,1-2H3,(H,25,31). The normalized spacial score (nSPS) is 18.9. The highest BCUT2D eigenvalue weighted by Crippen LogP contribution is 2.21. The largest absolute Gasteiger partial charge is 0.356 e. The number of aryl methyl sites for hydroxylation is 1. The zero-order chi connectivity index (χ0) is 22.5. The Bertz CT molecular complexity index is 974. The van der Waals surface area contributed by atoms with Gasteiger partial charge in [-0.05, 0) is 44.5 Å². The Morgan fingerprint density at radius 3 is 2.47 bits per heavy atom. The van der Waals surface area contributed by atoms with Gasteiger partial charge in [-0.25, -0.2) is 4.98 Å². The molecule has 4 rings (SSSR count). The van der Waals surface area contributed by atoms with Crippen molar-refractivity contribution in [1.29, 1.82) is 0 Å². The zero-order valence-electron chi connectivity index (χ0n) is 19.4. The van der Waals surface area contributed by atoms with Gasteiger partial charge in [0.15, 0.2) is 5.82 Å². The van der Waals surface area contributed by atoms with Crippen LogP contribution in [0.2, 0.25) is 0 Å². The topological polar surface area (TPSA) is 73.7 Å². The lowest BCUT2D eigenvalue weighted by Crippen LogP contribution is -2.47. The SMILES string of the molecule is CCN1CCN(CCCNC(=O)C2CCN(c3nc4ccccc4n(C)c3=O)CC2)CC1. The molecule has 0 saturated carbocycles. The van der Waals surface area contributed by atoms with Crippen molar-refractivity contribution >= 4 is 22.8 Å². The number of hydrogen-bond acceptors (Lipinski definition) is 6. The molecule has 8 nitrogen and oxygen atoms in total. The minimum Gasteiger partial charge on any atom is -0.356 e. The van der Waals surface area contributed by atoms with Gasteiger partial charge in [-0.1, -0.05) is 19.1 Å². The monoisotopic (exact) mass is 440 g/mol. The number of nitrogens with one attached hydrogen (secondary N) is 1. The van der Waals surface area contributed by atoms with E-state index >= 15 is 0 Å². The van der Waals surface area contributed by atoms with Crippen molar-refractivity contribution in [1.82, 2.24) is 24.7 Å². The third-order valence-electron chi connectivity index (χ3n) is 6.99. The van der Waals surface area contributed by atoms with Gasteiger partial charge in [0.25, 0.3) is 5.56 Å². The van der Waals surface area contributed by atoms with Gasteiger partial charge in [0.1, 0.15) is 0 Å². The summed E-state index contributed by atoms with van der Waals surface area (Å²) in [5, 5.41) is 3.14. The Morgan fingerprint density at radius 2 is 1.75 bits per heavy atom. The Labute approximate surface area is 190 Å². The van der Waals surface area contributed by atoms with E-state index in [-0.39, 0.29) is 17.4 Å². The molecule has 2 aliphatic rings. The molecule has 1 amide bonds. The van der Waals surface area contributed by atoms with Crippen LogP contribution in [0, 0.1) is 5.92 Å². The molecule has 1 N–H and O–H groups in total. The van der Waals surface area contributed by atoms with Crippen molar-refractivity contribution < 1.29 is 4.79 Å². The highest BCUT2D eigenvalue weighted by atomic mass is 16.2. The zero-order valence-corrected chi connectivity index (χ0v) is 19.4. The summed E-state index contributed by atoms with van der Waals surface area (Å²) in [5.74, 6) is 0.664. The van der Waals surface area contributed by atoms with E-state index in [4.69, 9.17) is 0 Å². The molecule has 2 aromatic rings. The van der Waals surface area contributed by atoms with Crippen molar-refractivity contribution in [2.24, 2.45) is 13.0 Å². The van der Waals surface area contributed by atoms with Crippen LogP contribution in [0.1, 0.15) is 26.2 Å². The number of rotatable bonds is 7. The fourth-order valence-electron chi connectivity index (χ4n) is 4.81. The molecule has 3 heterocycles. The van der Waals surface area contributed by atoms with Crippen molar-refractivity contribution in [3.8, 4) is 0 Å². The number of piperazine rings is 1. The van der Waals surface area contributed by atoms with E-state index < -0.39 is 0 Å². The molecule has 0 unspecified atom stereocenters. The minimum atomic E-state index is -0.0774. The quantitative estimate of drug-likeness (QED) is 0.654. The summed E-state index contributed by atoms with van der Waals surface area (Å²) in [4.78, 5) is 37.1. The highest BCUT2D eigenvalue weighted by Gasteiger charge is 2.27. The van der Waals surface area contributed by atoms with Gasteiger partial charge in [-0.3, -0.25) is 9.59 Å². The Morgan fingerprint density at radius 1 is 1.06 bits per heavy atom. The highest BCUT2D eigenvalue weighted by molar-refractivity contribution is 5.79. The van der Waals surface area contributed by atoms with Crippen LogP contribution in [0.4, 0.5) is 5.82 Å². The molecule has 0 spiro atoms. The first kappa shape index (κ1) is 22.7. The number of anilines is 1. The third kappa shape index (κ3) is 5.13. The lowest BCUT2D eigenvalue weighted by atomic mass is 9.96. The van der Waals surface area contributed by atoms with Gasteiger partial charge in [0, 0.05) is 58.8 Å². The molecule has 174 valence electrons. The van der Waals surface area contributed by atoms with E-state index in [1.54, 1.807) is 11.6 Å². The summed E-state index contributed by atoms with van der Waals surface area (Å²) in [6, 6.07) is 7.70. The maximum absolute atomic E-state index is 12.8. The minimum absolute atomic E-state index is 0.0173. The summed E-state index contributed by atoms with van der Waals surface area (Å²) in [6.07, 6.45) is 2.50. The van der Waals surface area contributed by atoms with Gasteiger partial charge in [0.05, 0.1) is 11.0 Å². The summed E-state index contributed by atoms with van der Waals surface area (Å²) in [5.41, 5.74) is 1.58. The van der Waals surface area contributed by atoms with Crippen LogP contribution in [0.25, 0.3) is 11.0 Å². The molecule has 0 bridgehead atoms. The second-order valence-electron chi connectivity index (χ2n) is 8.97. The smallest absolute Gasteiger partial charge is 0.293 e. The maximum Gasteiger partial charge on any atom is 0.293 e. The number of likely N-dealkylation sites (N-methyl/N-ethyl adjacent to an activating group) is 1. The molecular weight excluding hydrogens is 404 g/mol. The lowest BCUT2D eigenvalue weighted by Gasteiger charge is -2.34. The Hall–Kier alpha value is -2.45. The van der Waals surface area contributed by atoms with Crippen molar-refractivity contribution in [3.05, 3.63) is 34.6 Å². The van der Waals surface area contributed by atoms with Gasteiger partial charge in [-0.2, -0.15) is 0 Å². The van der Waals surface area contributed by atoms with Crippen molar-refractivity contribution in [2.75, 3.05) is 63.8 Å². The number of benzene rings is 1. The molecule has 2 saturated heterocycles. The fraction of sp³-hybridized carbons (Fsp3) is 0.625. The molecule has 2 fully saturated rings. The van der Waals surface area contributed by atoms with Gasteiger partial charge >= 0.3 is 0 Å². The summed E-state index contributed by atoms with van der Waals surface area (Å²) in [7, 11) is 1.79. The molecule has 0 atom stereocenters. The molecule has 0 aliphatic carbocycles. The van der Waals surface area contributed by atoms with E-state index in [2.05, 4.69) is 27.0 Å². The first-order chi connectivity index (χ1) is 15.6. The second-order valence-corrected chi connectivity index (χ2v) is 8.97. The van der Waals surface area contributed by atoms with Crippen molar-refractivity contribution in [2.45, 2.75) is 26.2 Å². The first-order valence-electron chi connectivity index (χ1n) is 12.0. The molecule has 8 heteroatoms. The molecule has 0 radical (unpaired) electrons. The van der Waals surface area contributed by atoms with Gasteiger partial charge in [-0.15, -0.1) is 0 Å². The van der Waals surface area contributed by atoms with E-state index in [1.807, 2.05) is 29.2 Å². The number of aromatic nitrogens is 2. The number of para-hydroxylation sites is 2. The lowest BCUT2D eigenvalue weighted by molar-refractivity contribution is -0.125. The Kier molecular flexibility index (Phi) is 7.42. The number of nitrogens with zero attached hydrogens (tertiary/aromatic N) is 5. The second kappa shape index (κ2) is 10.4. The van der Waals surface area contributed by atoms with Crippen LogP contribution in [-0.2, 0) is 11.8 Å². The average molecular weight is 441 g/mol. The van der Waals surface area contributed by atoms with Crippen LogP contribution in [0.3, 0.4) is 0 Å². The number of piperidine rings is 1. The van der Waals surface area contributed by atoms with Crippen molar-refractivity contribution in [3.63, 3.8) is 0 Å². The van der Waals surface area contributed by atoms with Crippen LogP contribution in [-0.4, -0.2) is 84.2 Å². The van der Waals surface area contributed by atoms with E-state index in [9.17, 15) is 9.59 Å². The molecule has 1 aromatic heterocycles. The molecule has 2 aliphatic heterocycles. The number of amides is 1. The van der Waals surface area contributed by atoms with E-state index in [0.717, 1.165) is 76.1 Å². The van der Waals surface area contributed by atoms with Gasteiger partial charge < -0.3 is 24.6 Å². The molecular formula is C24H36N6O2. The average Bonchev–Trinajstić information content (AvgIpc) is 2.84. The molecule has 32 heavy (non-hydrogen) atoms. The van der Waals surface area contributed by atoms with Gasteiger partial charge in [0.2, 0.25) is 5.91 Å². The Balaban J connectivity index is 1.23. The molecule has 1 aromatic carbocycles. The summed E-state index contributed by atoms with van der Waals surface area (Å²) in [6.45, 7) is 11.0. The predicted molar refractivity (Wildman–Crippen MR) is 128 cm³/mol. The summed E-state index contributed by atoms with van der Waals surface area (Å²) < 4.78 is 1.67. The summed E-state index contributed by atoms with van der Waals surface area (Å²) >= 11 is 0. The number of hydrogen-bond donors (Lipinski definition) is 1. The number of carbonyl (C=O) groups is 1. The number of carbonyl (C=O) groups excluding carboxylic acids is 1. The number of fused-ring (bicyclic) bond motifs is 1. The predicted octanol–water partition coefficient (Wildman–Crippen LogP) is 1.29. The van der Waals surface area contributed by atoms with E-state index in [1.165, 1.54) is 0 Å². The third-order valence-corrected chi connectivity index (χ3v) is 6.99. The maximum atomic E-state index is 12.8. The fourth-order valence-corrected chi connectivity index (χ4v) is 4.81. The van der Waals surface area contributed by atoms with E-state index in [0.29, 0.717) is 18.9 Å². The van der Waals surface area contributed by atoms with Crippen LogP contribution >= 0.6 is 0 Å². The van der Waals surface area contributed by atoms with Crippen LogP contribution in [0.5, 0.6) is 0 Å². The first-order valence-corrected chi connectivity index (χ1v) is 12.0. The van der Waals surface area contributed by atoms with Crippen LogP contribution < -0.4 is 15.8 Å².